The Morgan fingerprint density at radius 1 is 1.08 bits per heavy atom. The van der Waals surface area contributed by atoms with Gasteiger partial charge in [-0.15, -0.1) is 13.2 Å². The first-order valence-electron chi connectivity index (χ1n) is 4.66. The summed E-state index contributed by atoms with van der Waals surface area (Å²) in [7, 11) is -2.28. The number of hydrogen-bond donors (Lipinski definition) is 0. The minimum Gasteiger partial charge on any atom is -0.104 e. The second-order valence-electron chi connectivity index (χ2n) is 5.08. The zero-order valence-electron chi connectivity index (χ0n) is 8.83. The summed E-state index contributed by atoms with van der Waals surface area (Å²) < 4.78 is 0. The molecule has 0 N–H and O–H groups in total. The lowest BCUT2D eigenvalue weighted by atomic mass is 10.3. The van der Waals surface area contributed by atoms with Gasteiger partial charge >= 0.3 is 0 Å². The van der Waals surface area contributed by atoms with Crippen molar-refractivity contribution in [1.82, 2.24) is 0 Å². The molecule has 1 saturated heterocycles. The Kier molecular flexibility index (Phi) is 2.25. The van der Waals surface area contributed by atoms with E-state index in [-0.39, 0.29) is 0 Å². The molecule has 1 fully saturated rings. The third-order valence-corrected chi connectivity index (χ3v) is 21.1. The molecule has 0 aromatic heterocycles. The van der Waals surface area contributed by atoms with Crippen LogP contribution < -0.4 is 0 Å². The van der Waals surface area contributed by atoms with Gasteiger partial charge in [-0.25, -0.2) is 0 Å². The summed E-state index contributed by atoms with van der Waals surface area (Å²) in [6, 6.07) is 0. The first-order chi connectivity index (χ1) is 5.30. The Bertz CT molecular complexity index is 217. The fourth-order valence-corrected chi connectivity index (χ4v) is 13.1. The van der Waals surface area contributed by atoms with E-state index in [0.717, 1.165) is 0 Å². The van der Waals surface area contributed by atoms with Crippen LogP contribution in [0.15, 0.2) is 23.6 Å². The highest BCUT2D eigenvalue weighted by Crippen LogP contribution is 2.41. The zero-order chi connectivity index (χ0) is 9.57. The van der Waals surface area contributed by atoms with Gasteiger partial charge in [-0.2, -0.15) is 0 Å². The summed E-state index contributed by atoms with van der Waals surface area (Å²) in [4.78, 5) is 0. The van der Waals surface area contributed by atoms with Gasteiger partial charge < -0.3 is 0 Å². The van der Waals surface area contributed by atoms with Crippen molar-refractivity contribution in [1.29, 1.82) is 0 Å². The SMILES string of the molecule is C=C1CCC(=C)[Si]1(C)[Si](C)(C)C. The molecule has 68 valence electrons. The highest BCUT2D eigenvalue weighted by molar-refractivity contribution is 7.46. The van der Waals surface area contributed by atoms with Gasteiger partial charge in [0, 0.05) is 7.59 Å². The summed E-state index contributed by atoms with van der Waals surface area (Å²) in [5.74, 6) is 0. The molecule has 0 unspecified atom stereocenters. The van der Waals surface area contributed by atoms with E-state index < -0.39 is 15.2 Å². The lowest BCUT2D eigenvalue weighted by molar-refractivity contribution is 1.06. The molecule has 0 saturated carbocycles. The van der Waals surface area contributed by atoms with Gasteiger partial charge in [-0.3, -0.25) is 0 Å². The quantitative estimate of drug-likeness (QED) is 0.563. The number of allylic oxidation sites excluding steroid dienone is 2. The fraction of sp³-hybridized carbons (Fsp3) is 0.600. The van der Waals surface area contributed by atoms with Gasteiger partial charge in [0.15, 0.2) is 0 Å². The van der Waals surface area contributed by atoms with Crippen LogP contribution in [0.2, 0.25) is 26.2 Å². The Balaban J connectivity index is 3.11. The Morgan fingerprint density at radius 3 is 1.58 bits per heavy atom. The fourth-order valence-electron chi connectivity index (χ4n) is 2.11. The molecule has 0 nitrogen and oxygen atoms in total. The predicted octanol–water partition coefficient (Wildman–Crippen LogP) is 3.47. The normalized spacial score (nSPS) is 23.3. The number of rotatable bonds is 1. The second kappa shape index (κ2) is 2.70. The summed E-state index contributed by atoms with van der Waals surface area (Å²) >= 11 is 0. The molecule has 12 heavy (non-hydrogen) atoms. The van der Waals surface area contributed by atoms with E-state index in [4.69, 9.17) is 0 Å². The van der Waals surface area contributed by atoms with Crippen LogP contribution in [-0.4, -0.2) is 15.2 Å². The highest BCUT2D eigenvalue weighted by Gasteiger charge is 2.48. The third-order valence-electron chi connectivity index (χ3n) is 3.64. The number of hydrogen-bond acceptors (Lipinski definition) is 0. The van der Waals surface area contributed by atoms with E-state index >= 15 is 0 Å². The maximum atomic E-state index is 4.26. The molecular weight excluding hydrogens is 176 g/mol. The minimum atomic E-state index is -1.24. The van der Waals surface area contributed by atoms with Gasteiger partial charge in [-0.05, 0) is 12.8 Å². The molecule has 0 spiro atoms. The van der Waals surface area contributed by atoms with Crippen LogP contribution in [0, 0.1) is 0 Å². The maximum Gasteiger partial charge on any atom is 0.0957 e. The van der Waals surface area contributed by atoms with Crippen LogP contribution in [-0.2, 0) is 0 Å². The van der Waals surface area contributed by atoms with Crippen molar-refractivity contribution < 1.29 is 0 Å². The predicted molar refractivity (Wildman–Crippen MR) is 62.5 cm³/mol. The van der Waals surface area contributed by atoms with E-state index in [1.807, 2.05) is 0 Å². The zero-order valence-corrected chi connectivity index (χ0v) is 10.8. The monoisotopic (exact) mass is 196 g/mol. The van der Waals surface area contributed by atoms with Crippen molar-refractivity contribution in [3.63, 3.8) is 0 Å². The summed E-state index contributed by atoms with van der Waals surface area (Å²) in [5, 5.41) is 3.12. The standard InChI is InChI=1S/C10H20Si2/c1-9-7-8-10(2)12(9,6)11(3,4)5/h1-2,7-8H2,3-6H3. The first-order valence-corrected chi connectivity index (χ1v) is 11.7. The lowest BCUT2D eigenvalue weighted by Crippen LogP contribution is -2.55. The molecule has 0 bridgehead atoms. The largest absolute Gasteiger partial charge is 0.104 e. The molecule has 0 aromatic rings. The van der Waals surface area contributed by atoms with Crippen LogP contribution in [0.4, 0.5) is 0 Å². The Labute approximate surface area is 78.2 Å². The maximum absolute atomic E-state index is 4.26. The Morgan fingerprint density at radius 2 is 1.42 bits per heavy atom. The second-order valence-corrected chi connectivity index (χ2v) is 20.7. The van der Waals surface area contributed by atoms with Gasteiger partial charge in [-0.1, -0.05) is 36.6 Å². The minimum absolute atomic E-state index is 1.03. The first kappa shape index (κ1) is 10.00. The Hall–Kier alpha value is -0.0862. The summed E-state index contributed by atoms with van der Waals surface area (Å²) in [6.07, 6.45) is 2.46. The summed E-state index contributed by atoms with van der Waals surface area (Å²) in [5.41, 5.74) is 0. The van der Waals surface area contributed by atoms with E-state index in [9.17, 15) is 0 Å². The molecule has 1 rings (SSSR count). The van der Waals surface area contributed by atoms with Crippen LogP contribution >= 0.6 is 0 Å². The van der Waals surface area contributed by atoms with Crippen molar-refractivity contribution in [2.45, 2.75) is 39.0 Å². The van der Waals surface area contributed by atoms with Gasteiger partial charge in [0.2, 0.25) is 0 Å². The van der Waals surface area contributed by atoms with Crippen LogP contribution in [0.1, 0.15) is 12.8 Å². The molecule has 1 aliphatic rings. The van der Waals surface area contributed by atoms with E-state index in [1.165, 1.54) is 12.8 Å². The molecule has 0 atom stereocenters. The van der Waals surface area contributed by atoms with E-state index in [0.29, 0.717) is 0 Å². The van der Waals surface area contributed by atoms with Crippen molar-refractivity contribution in [3.05, 3.63) is 23.6 Å². The van der Waals surface area contributed by atoms with Crippen molar-refractivity contribution in [2.75, 3.05) is 0 Å². The molecule has 0 aromatic carbocycles. The smallest absolute Gasteiger partial charge is 0.0957 e. The molecular formula is C10H20Si2. The van der Waals surface area contributed by atoms with E-state index in [1.54, 1.807) is 10.4 Å². The van der Waals surface area contributed by atoms with Gasteiger partial charge in [0.25, 0.3) is 0 Å². The molecule has 0 amide bonds. The van der Waals surface area contributed by atoms with Crippen molar-refractivity contribution >= 4 is 15.2 Å². The topological polar surface area (TPSA) is 0 Å². The van der Waals surface area contributed by atoms with E-state index in [2.05, 4.69) is 39.3 Å². The van der Waals surface area contributed by atoms with Crippen molar-refractivity contribution in [2.24, 2.45) is 0 Å². The average molecular weight is 196 g/mol. The molecule has 0 radical (unpaired) electrons. The van der Waals surface area contributed by atoms with Crippen LogP contribution in [0.25, 0.3) is 0 Å². The lowest BCUT2D eigenvalue weighted by Gasteiger charge is -2.37. The molecule has 1 heterocycles. The highest BCUT2D eigenvalue weighted by atomic mass is 29.3. The molecule has 1 aliphatic heterocycles. The van der Waals surface area contributed by atoms with Crippen molar-refractivity contribution in [3.8, 4) is 0 Å². The summed E-state index contributed by atoms with van der Waals surface area (Å²) in [6.45, 7) is 18.4. The van der Waals surface area contributed by atoms with Gasteiger partial charge in [0.05, 0.1) is 7.59 Å². The average Bonchev–Trinajstić information content (AvgIpc) is 2.16. The third kappa shape index (κ3) is 1.17. The molecule has 0 aliphatic carbocycles. The van der Waals surface area contributed by atoms with Gasteiger partial charge in [0.1, 0.15) is 0 Å². The van der Waals surface area contributed by atoms with Crippen LogP contribution in [0.5, 0.6) is 0 Å². The molecule has 2 heteroatoms. The van der Waals surface area contributed by atoms with Crippen LogP contribution in [0.3, 0.4) is 0 Å².